The summed E-state index contributed by atoms with van der Waals surface area (Å²) in [6.07, 6.45) is 0. The Balaban J connectivity index is 1.45. The van der Waals surface area contributed by atoms with Gasteiger partial charge in [0.25, 0.3) is 5.91 Å². The molecule has 8 heteroatoms. The number of benzene rings is 3. The minimum Gasteiger partial charge on any atom is -0.321 e. The lowest BCUT2D eigenvalue weighted by Gasteiger charge is -2.27. The summed E-state index contributed by atoms with van der Waals surface area (Å²) in [5.74, 6) is -0.287. The van der Waals surface area contributed by atoms with Crippen LogP contribution in [0.5, 0.6) is 0 Å². The van der Waals surface area contributed by atoms with Crippen molar-refractivity contribution in [3.63, 3.8) is 0 Å². The molecule has 5 nitrogen and oxygen atoms in total. The quantitative estimate of drug-likeness (QED) is 0.359. The highest BCUT2D eigenvalue weighted by Crippen LogP contribution is 2.36. The molecular weight excluding hydrogens is 475 g/mol. The molecule has 1 amide bonds. The third kappa shape index (κ3) is 4.90. The zero-order chi connectivity index (χ0) is 22.8. The molecule has 5 rings (SSSR count). The van der Waals surface area contributed by atoms with Crippen LogP contribution in [0, 0.1) is 0 Å². The Hall–Kier alpha value is -2.48. The number of carbonyl (C=O) groups is 1. The highest BCUT2D eigenvalue weighted by Gasteiger charge is 2.18. The molecule has 0 atom stereocenters. The number of hydrogen-bond donors (Lipinski definition) is 2. The van der Waals surface area contributed by atoms with Crippen molar-refractivity contribution >= 4 is 56.3 Å². The Labute approximate surface area is 206 Å². The van der Waals surface area contributed by atoms with Crippen LogP contribution in [0.3, 0.4) is 0 Å². The van der Waals surface area contributed by atoms with Gasteiger partial charge in [0.05, 0.1) is 26.5 Å². The van der Waals surface area contributed by atoms with Gasteiger partial charge >= 0.3 is 0 Å². The van der Waals surface area contributed by atoms with Crippen molar-refractivity contribution in [3.8, 4) is 10.6 Å². The predicted octanol–water partition coefficient (Wildman–Crippen LogP) is 5.93. The van der Waals surface area contributed by atoms with Crippen molar-refractivity contribution in [1.82, 2.24) is 15.2 Å². The average Bonchev–Trinajstić information content (AvgIpc) is 3.25. The number of fused-ring (bicyclic) bond motifs is 1. The van der Waals surface area contributed by atoms with Gasteiger partial charge in [0.2, 0.25) is 0 Å². The third-order valence-electron chi connectivity index (χ3n) is 5.69. The Morgan fingerprint density at radius 2 is 1.88 bits per heavy atom. The number of carbonyl (C=O) groups excluding carboxylic acids is 1. The molecule has 0 saturated carbocycles. The minimum atomic E-state index is -0.287. The molecule has 2 N–H and O–H groups in total. The first-order valence-electron chi connectivity index (χ1n) is 10.8. The van der Waals surface area contributed by atoms with E-state index in [4.69, 9.17) is 28.2 Å². The van der Waals surface area contributed by atoms with Crippen molar-refractivity contribution in [2.24, 2.45) is 0 Å². The molecule has 0 spiro atoms. The lowest BCUT2D eigenvalue weighted by Crippen LogP contribution is -2.42. The van der Waals surface area contributed by atoms with Crippen LogP contribution >= 0.6 is 34.5 Å². The maximum atomic E-state index is 12.9. The Bertz CT molecular complexity index is 1320. The van der Waals surface area contributed by atoms with Gasteiger partial charge in [0.15, 0.2) is 0 Å². The predicted molar refractivity (Wildman–Crippen MR) is 138 cm³/mol. The number of rotatable bonds is 5. The summed E-state index contributed by atoms with van der Waals surface area (Å²) in [5.41, 5.74) is 4.20. The molecular formula is C25H22Cl2N4OS. The number of piperazine rings is 1. The van der Waals surface area contributed by atoms with Crippen LogP contribution in [-0.4, -0.2) is 42.0 Å². The summed E-state index contributed by atoms with van der Waals surface area (Å²) in [7, 11) is 0. The number of nitrogens with one attached hydrogen (secondary N) is 2. The van der Waals surface area contributed by atoms with Crippen LogP contribution in [0.4, 0.5) is 5.69 Å². The van der Waals surface area contributed by atoms with Crippen LogP contribution in [0.25, 0.3) is 20.8 Å². The molecule has 0 bridgehead atoms. The largest absolute Gasteiger partial charge is 0.321 e. The maximum absolute atomic E-state index is 12.9. The molecule has 1 aliphatic heterocycles. The molecule has 2 heterocycles. The van der Waals surface area contributed by atoms with E-state index < -0.39 is 0 Å². The van der Waals surface area contributed by atoms with E-state index in [1.165, 1.54) is 5.56 Å². The molecule has 1 aromatic heterocycles. The van der Waals surface area contributed by atoms with Crippen LogP contribution in [0.15, 0.2) is 60.7 Å². The van der Waals surface area contributed by atoms with E-state index in [1.54, 1.807) is 29.5 Å². The normalized spacial score (nSPS) is 14.5. The number of amides is 1. The molecule has 1 aliphatic rings. The molecule has 1 saturated heterocycles. The molecule has 33 heavy (non-hydrogen) atoms. The molecule has 1 fully saturated rings. The second-order valence-electron chi connectivity index (χ2n) is 7.93. The van der Waals surface area contributed by atoms with Crippen LogP contribution in [0.1, 0.15) is 15.9 Å². The summed E-state index contributed by atoms with van der Waals surface area (Å²) >= 11 is 13.8. The molecule has 3 aromatic carbocycles. The fourth-order valence-corrected chi connectivity index (χ4v) is 5.55. The van der Waals surface area contributed by atoms with Crippen LogP contribution < -0.4 is 10.6 Å². The van der Waals surface area contributed by atoms with Gasteiger partial charge in [-0.2, -0.15) is 0 Å². The monoisotopic (exact) mass is 496 g/mol. The SMILES string of the molecule is O=C(Nc1ccccc1-c1nc2c(CN3CCNCC3)cccc2s1)c1ccc(Cl)cc1Cl. The lowest BCUT2D eigenvalue weighted by atomic mass is 10.1. The van der Waals surface area contributed by atoms with Crippen molar-refractivity contribution < 1.29 is 4.79 Å². The number of halogens is 2. The molecule has 0 aliphatic carbocycles. The summed E-state index contributed by atoms with van der Waals surface area (Å²) in [6, 6.07) is 18.9. The Morgan fingerprint density at radius 1 is 1.06 bits per heavy atom. The topological polar surface area (TPSA) is 57.3 Å². The van der Waals surface area contributed by atoms with E-state index in [1.807, 2.05) is 24.3 Å². The Kier molecular flexibility index (Phi) is 6.62. The smallest absolute Gasteiger partial charge is 0.257 e. The van der Waals surface area contributed by atoms with E-state index in [0.29, 0.717) is 21.3 Å². The van der Waals surface area contributed by atoms with Crippen molar-refractivity contribution in [1.29, 1.82) is 0 Å². The first kappa shape index (κ1) is 22.3. The van der Waals surface area contributed by atoms with Gasteiger partial charge in [-0.3, -0.25) is 9.69 Å². The van der Waals surface area contributed by atoms with Gasteiger partial charge in [-0.05, 0) is 42.0 Å². The lowest BCUT2D eigenvalue weighted by molar-refractivity contribution is 0.102. The number of nitrogens with zero attached hydrogens (tertiary/aromatic N) is 2. The average molecular weight is 497 g/mol. The summed E-state index contributed by atoms with van der Waals surface area (Å²) in [6.45, 7) is 4.99. The van der Waals surface area contributed by atoms with E-state index in [9.17, 15) is 4.79 Å². The molecule has 0 unspecified atom stereocenters. The number of anilines is 1. The van der Waals surface area contributed by atoms with Gasteiger partial charge in [0.1, 0.15) is 5.01 Å². The third-order valence-corrected chi connectivity index (χ3v) is 7.29. The second kappa shape index (κ2) is 9.79. The number of aromatic nitrogens is 1. The number of para-hydroxylation sites is 2. The van der Waals surface area contributed by atoms with E-state index >= 15 is 0 Å². The van der Waals surface area contributed by atoms with Crippen molar-refractivity contribution in [2.75, 3.05) is 31.5 Å². The minimum absolute atomic E-state index is 0.287. The summed E-state index contributed by atoms with van der Waals surface area (Å²) in [5, 5.41) is 8.07. The fourth-order valence-electron chi connectivity index (χ4n) is 4.00. The maximum Gasteiger partial charge on any atom is 0.257 e. The van der Waals surface area contributed by atoms with Gasteiger partial charge in [0, 0.05) is 43.3 Å². The van der Waals surface area contributed by atoms with Gasteiger partial charge in [-0.15, -0.1) is 11.3 Å². The first-order chi connectivity index (χ1) is 16.1. The highest BCUT2D eigenvalue weighted by atomic mass is 35.5. The molecule has 168 valence electrons. The van der Waals surface area contributed by atoms with E-state index in [-0.39, 0.29) is 5.91 Å². The van der Waals surface area contributed by atoms with Gasteiger partial charge < -0.3 is 10.6 Å². The van der Waals surface area contributed by atoms with Crippen LogP contribution in [-0.2, 0) is 6.54 Å². The van der Waals surface area contributed by atoms with Gasteiger partial charge in [-0.25, -0.2) is 4.98 Å². The van der Waals surface area contributed by atoms with Crippen molar-refractivity contribution in [2.45, 2.75) is 6.54 Å². The zero-order valence-electron chi connectivity index (χ0n) is 17.8. The fraction of sp³-hybridized carbons (Fsp3) is 0.200. The summed E-state index contributed by atoms with van der Waals surface area (Å²) < 4.78 is 1.14. The number of thiazole rings is 1. The Morgan fingerprint density at radius 3 is 2.70 bits per heavy atom. The van der Waals surface area contributed by atoms with Crippen molar-refractivity contribution in [3.05, 3.63) is 81.8 Å². The van der Waals surface area contributed by atoms with Crippen LogP contribution in [0.2, 0.25) is 10.0 Å². The summed E-state index contributed by atoms with van der Waals surface area (Å²) in [4.78, 5) is 20.4. The standard InChI is InChI=1S/C25H22Cl2N4OS/c26-17-8-9-18(20(27)14-17)24(32)29-21-6-2-1-5-19(21)25-30-23-16(4-3-7-22(23)33-25)15-31-12-10-28-11-13-31/h1-9,14,28H,10-13,15H2,(H,29,32). The van der Waals surface area contributed by atoms with Gasteiger partial charge in [-0.1, -0.05) is 47.5 Å². The first-order valence-corrected chi connectivity index (χ1v) is 12.3. The highest BCUT2D eigenvalue weighted by molar-refractivity contribution is 7.21. The van der Waals surface area contributed by atoms with E-state index in [2.05, 4.69) is 33.7 Å². The number of hydrogen-bond acceptors (Lipinski definition) is 5. The molecule has 0 radical (unpaired) electrons. The zero-order valence-corrected chi connectivity index (χ0v) is 20.1. The molecule has 4 aromatic rings. The van der Waals surface area contributed by atoms with E-state index in [0.717, 1.165) is 53.5 Å². The second-order valence-corrected chi connectivity index (χ2v) is 9.81.